The van der Waals surface area contributed by atoms with Crippen LogP contribution in [0.2, 0.25) is 0 Å². The second-order valence-electron chi connectivity index (χ2n) is 5.58. The van der Waals surface area contributed by atoms with Crippen LogP contribution in [0.5, 0.6) is 5.75 Å². The highest BCUT2D eigenvalue weighted by atomic mass is 16.5. The molecule has 0 heterocycles. The van der Waals surface area contributed by atoms with Crippen LogP contribution in [0.25, 0.3) is 5.57 Å². The van der Waals surface area contributed by atoms with Gasteiger partial charge in [-0.05, 0) is 36.5 Å². The van der Waals surface area contributed by atoms with Gasteiger partial charge in [-0.2, -0.15) is 0 Å². The van der Waals surface area contributed by atoms with Crippen molar-refractivity contribution in [1.82, 2.24) is 0 Å². The minimum absolute atomic E-state index is 0.144. The van der Waals surface area contributed by atoms with Gasteiger partial charge in [0.2, 0.25) is 0 Å². The Balaban J connectivity index is 1.78. The molecule has 2 aromatic rings. The average Bonchev–Trinajstić information content (AvgIpc) is 2.61. The first-order chi connectivity index (χ1) is 10.9. The van der Waals surface area contributed by atoms with Crippen molar-refractivity contribution in [2.45, 2.75) is 32.0 Å². The van der Waals surface area contributed by atoms with Gasteiger partial charge in [-0.25, -0.2) is 0 Å². The number of rotatable bonds is 5. The summed E-state index contributed by atoms with van der Waals surface area (Å²) in [5.74, 6) is 0.920. The molecular weight excluding hydrogens is 272 g/mol. The van der Waals surface area contributed by atoms with Crippen LogP contribution in [0, 0.1) is 0 Å². The molecule has 0 radical (unpaired) electrons. The molecule has 0 fully saturated rings. The van der Waals surface area contributed by atoms with E-state index in [0.717, 1.165) is 24.2 Å². The molecule has 22 heavy (non-hydrogen) atoms. The third-order valence-electron chi connectivity index (χ3n) is 4.09. The highest BCUT2D eigenvalue weighted by Gasteiger charge is 2.22. The van der Waals surface area contributed by atoms with Gasteiger partial charge in [-0.3, -0.25) is 0 Å². The second-order valence-corrected chi connectivity index (χ2v) is 5.58. The Morgan fingerprint density at radius 3 is 2.59 bits per heavy atom. The number of methoxy groups -OCH3 is 1. The molecule has 0 saturated heterocycles. The molecule has 1 atom stereocenters. The standard InChI is InChI=1S/C20H22O2/c1-21-19-13-7-5-11-17(19)18-12-6-8-14-20(18)22-15-16-9-3-2-4-10-16/h2-5,7,9-13,20H,6,8,14-15H2,1H3. The van der Waals surface area contributed by atoms with Crippen molar-refractivity contribution >= 4 is 5.57 Å². The Morgan fingerprint density at radius 1 is 1.00 bits per heavy atom. The lowest BCUT2D eigenvalue weighted by Crippen LogP contribution is -2.18. The lowest BCUT2D eigenvalue weighted by molar-refractivity contribution is 0.0692. The predicted molar refractivity (Wildman–Crippen MR) is 89.8 cm³/mol. The Morgan fingerprint density at radius 2 is 1.77 bits per heavy atom. The predicted octanol–water partition coefficient (Wildman–Crippen LogP) is 4.85. The zero-order valence-electron chi connectivity index (χ0n) is 13.0. The maximum atomic E-state index is 6.21. The number of allylic oxidation sites excluding steroid dienone is 1. The fourth-order valence-electron chi connectivity index (χ4n) is 2.96. The summed E-state index contributed by atoms with van der Waals surface area (Å²) in [5.41, 5.74) is 3.63. The zero-order chi connectivity index (χ0) is 15.2. The Labute approximate surface area is 132 Å². The molecule has 2 heteroatoms. The summed E-state index contributed by atoms with van der Waals surface area (Å²) in [6, 6.07) is 18.5. The van der Waals surface area contributed by atoms with Gasteiger partial charge in [-0.1, -0.05) is 54.6 Å². The van der Waals surface area contributed by atoms with Gasteiger partial charge in [-0.15, -0.1) is 0 Å². The van der Waals surface area contributed by atoms with Crippen LogP contribution in [-0.2, 0) is 11.3 Å². The van der Waals surface area contributed by atoms with Crippen LogP contribution < -0.4 is 4.74 Å². The molecule has 0 aromatic heterocycles. The molecule has 3 rings (SSSR count). The molecule has 0 spiro atoms. The molecule has 0 saturated carbocycles. The van der Waals surface area contributed by atoms with Gasteiger partial charge < -0.3 is 9.47 Å². The quantitative estimate of drug-likeness (QED) is 0.785. The molecule has 1 aliphatic carbocycles. The number of hydrogen-bond acceptors (Lipinski definition) is 2. The topological polar surface area (TPSA) is 18.5 Å². The molecule has 114 valence electrons. The van der Waals surface area contributed by atoms with Gasteiger partial charge in [0.05, 0.1) is 19.8 Å². The van der Waals surface area contributed by atoms with Crippen LogP contribution in [0.3, 0.4) is 0 Å². The average molecular weight is 294 g/mol. The van der Waals surface area contributed by atoms with Gasteiger partial charge in [0.25, 0.3) is 0 Å². The lowest BCUT2D eigenvalue weighted by Gasteiger charge is -2.26. The summed E-state index contributed by atoms with van der Waals surface area (Å²) in [6.45, 7) is 0.651. The number of hydrogen-bond donors (Lipinski definition) is 0. The largest absolute Gasteiger partial charge is 0.496 e. The summed E-state index contributed by atoms with van der Waals surface area (Å²) in [4.78, 5) is 0. The van der Waals surface area contributed by atoms with Crippen molar-refractivity contribution in [3.63, 3.8) is 0 Å². The fraction of sp³-hybridized carbons (Fsp3) is 0.300. The highest BCUT2D eigenvalue weighted by Crippen LogP contribution is 2.35. The van der Waals surface area contributed by atoms with E-state index in [-0.39, 0.29) is 6.10 Å². The van der Waals surface area contributed by atoms with E-state index in [2.05, 4.69) is 42.5 Å². The number of ether oxygens (including phenoxy) is 2. The molecule has 2 nitrogen and oxygen atoms in total. The number of para-hydroxylation sites is 1. The second kappa shape index (κ2) is 7.28. The van der Waals surface area contributed by atoms with E-state index in [1.807, 2.05) is 18.2 Å². The van der Waals surface area contributed by atoms with Gasteiger partial charge in [0.1, 0.15) is 5.75 Å². The molecular formula is C20H22O2. The summed E-state index contributed by atoms with van der Waals surface area (Å²) in [7, 11) is 1.72. The van der Waals surface area contributed by atoms with Crippen molar-refractivity contribution in [3.05, 3.63) is 71.8 Å². The Kier molecular flexibility index (Phi) is 4.92. The molecule has 1 aliphatic rings. The van der Waals surface area contributed by atoms with Crippen LogP contribution in [-0.4, -0.2) is 13.2 Å². The van der Waals surface area contributed by atoms with Crippen LogP contribution in [0.4, 0.5) is 0 Å². The van der Waals surface area contributed by atoms with E-state index in [9.17, 15) is 0 Å². The summed E-state index contributed by atoms with van der Waals surface area (Å²) < 4.78 is 11.7. The maximum Gasteiger partial charge on any atom is 0.126 e. The first-order valence-corrected chi connectivity index (χ1v) is 7.87. The normalized spacial score (nSPS) is 17.9. The van der Waals surface area contributed by atoms with Crippen molar-refractivity contribution in [1.29, 1.82) is 0 Å². The van der Waals surface area contributed by atoms with Crippen molar-refractivity contribution < 1.29 is 9.47 Å². The van der Waals surface area contributed by atoms with E-state index in [4.69, 9.17) is 9.47 Å². The lowest BCUT2D eigenvalue weighted by atomic mass is 9.90. The summed E-state index contributed by atoms with van der Waals surface area (Å²) in [6.07, 6.45) is 5.80. The Bertz CT molecular complexity index is 631. The zero-order valence-corrected chi connectivity index (χ0v) is 13.0. The van der Waals surface area contributed by atoms with E-state index in [0.29, 0.717) is 6.61 Å². The monoisotopic (exact) mass is 294 g/mol. The molecule has 0 N–H and O–H groups in total. The SMILES string of the molecule is COc1ccccc1C1=CCCCC1OCc1ccccc1. The van der Waals surface area contributed by atoms with Gasteiger partial charge in [0.15, 0.2) is 0 Å². The molecule has 0 aliphatic heterocycles. The van der Waals surface area contributed by atoms with Crippen LogP contribution >= 0.6 is 0 Å². The van der Waals surface area contributed by atoms with Crippen molar-refractivity contribution in [2.24, 2.45) is 0 Å². The summed E-state index contributed by atoms with van der Waals surface area (Å²) >= 11 is 0. The smallest absolute Gasteiger partial charge is 0.126 e. The molecule has 0 amide bonds. The Hall–Kier alpha value is -2.06. The first kappa shape index (κ1) is 14.9. The van der Waals surface area contributed by atoms with Crippen LogP contribution in [0.1, 0.15) is 30.4 Å². The van der Waals surface area contributed by atoms with Crippen molar-refractivity contribution in [2.75, 3.05) is 7.11 Å². The van der Waals surface area contributed by atoms with Gasteiger partial charge >= 0.3 is 0 Å². The first-order valence-electron chi connectivity index (χ1n) is 7.87. The minimum atomic E-state index is 0.144. The maximum absolute atomic E-state index is 6.21. The minimum Gasteiger partial charge on any atom is -0.496 e. The summed E-state index contributed by atoms with van der Waals surface area (Å²) in [5, 5.41) is 0. The van der Waals surface area contributed by atoms with E-state index in [1.165, 1.54) is 17.6 Å². The van der Waals surface area contributed by atoms with E-state index in [1.54, 1.807) is 7.11 Å². The van der Waals surface area contributed by atoms with Gasteiger partial charge in [0, 0.05) is 5.56 Å². The van der Waals surface area contributed by atoms with E-state index < -0.39 is 0 Å². The molecule has 1 unspecified atom stereocenters. The third kappa shape index (κ3) is 3.40. The van der Waals surface area contributed by atoms with Crippen LogP contribution in [0.15, 0.2) is 60.7 Å². The van der Waals surface area contributed by atoms with Crippen molar-refractivity contribution in [3.8, 4) is 5.75 Å². The fourth-order valence-corrected chi connectivity index (χ4v) is 2.96. The molecule has 2 aromatic carbocycles. The van der Waals surface area contributed by atoms with E-state index >= 15 is 0 Å². The third-order valence-corrected chi connectivity index (χ3v) is 4.09. The number of benzene rings is 2. The molecule has 0 bridgehead atoms. The highest BCUT2D eigenvalue weighted by molar-refractivity contribution is 5.73.